The largest absolute Gasteiger partial charge is 0.330 e. The number of benzene rings is 1. The van der Waals surface area contributed by atoms with Gasteiger partial charge in [-0.25, -0.2) is 4.79 Å². The normalized spacial score (nSPS) is 16.1. The molecule has 88 valence electrons. The number of urea groups is 1. The van der Waals surface area contributed by atoms with Crippen LogP contribution in [0.1, 0.15) is 13.3 Å². The zero-order valence-corrected chi connectivity index (χ0v) is 9.40. The van der Waals surface area contributed by atoms with Crippen molar-refractivity contribution in [3.05, 3.63) is 24.3 Å². The summed E-state index contributed by atoms with van der Waals surface area (Å²) >= 11 is 0. The van der Waals surface area contributed by atoms with Gasteiger partial charge in [0.1, 0.15) is 6.42 Å². The third kappa shape index (κ3) is 2.50. The van der Waals surface area contributed by atoms with Gasteiger partial charge in [-0.05, 0) is 24.1 Å². The lowest BCUT2D eigenvalue weighted by Gasteiger charge is -2.22. The predicted octanol–water partition coefficient (Wildman–Crippen LogP) is 1.14. The minimum atomic E-state index is -0.617. The van der Waals surface area contributed by atoms with Crippen molar-refractivity contribution in [1.82, 2.24) is 10.2 Å². The first-order chi connectivity index (χ1) is 8.11. The van der Waals surface area contributed by atoms with E-state index in [1.807, 2.05) is 5.32 Å². The molecule has 5 nitrogen and oxygen atoms in total. The van der Waals surface area contributed by atoms with Gasteiger partial charge in [0.15, 0.2) is 0 Å². The number of hydrogen-bond acceptors (Lipinski definition) is 3. The predicted molar refractivity (Wildman–Crippen MR) is 61.0 cm³/mol. The molecule has 1 N–H and O–H groups in total. The van der Waals surface area contributed by atoms with Crippen molar-refractivity contribution in [1.29, 1.82) is 0 Å². The minimum Gasteiger partial charge on any atom is -0.277 e. The van der Waals surface area contributed by atoms with Gasteiger partial charge in [0.2, 0.25) is 11.8 Å². The lowest BCUT2D eigenvalue weighted by molar-refractivity contribution is -0.136. The fraction of sp³-hybridized carbons (Fsp3) is 0.250. The van der Waals surface area contributed by atoms with Gasteiger partial charge >= 0.3 is 6.03 Å². The number of nitrogens with zero attached hydrogens (tertiary/aromatic N) is 1. The van der Waals surface area contributed by atoms with E-state index in [0.29, 0.717) is 6.54 Å². The fourth-order valence-electron chi connectivity index (χ4n) is 1.57. The second-order valence-electron chi connectivity index (χ2n) is 3.75. The molecule has 0 unspecified atom stereocenters. The van der Waals surface area contributed by atoms with Crippen LogP contribution in [-0.4, -0.2) is 29.3 Å². The SMILES string of the molecule is CCN1C(=O)CC(=O)NC1=O.c1cc2cc-2c1. The third-order valence-corrected chi connectivity index (χ3v) is 2.53. The lowest BCUT2D eigenvalue weighted by Crippen LogP contribution is -2.52. The van der Waals surface area contributed by atoms with E-state index in [4.69, 9.17) is 0 Å². The average Bonchev–Trinajstić information content (AvgIpc) is 2.86. The number of rotatable bonds is 1. The van der Waals surface area contributed by atoms with E-state index in [9.17, 15) is 14.4 Å². The molecule has 3 rings (SSSR count). The maximum atomic E-state index is 10.9. The van der Waals surface area contributed by atoms with Gasteiger partial charge in [0.25, 0.3) is 0 Å². The topological polar surface area (TPSA) is 66.5 Å². The number of nitrogens with one attached hydrogen (secondary N) is 1. The van der Waals surface area contributed by atoms with Gasteiger partial charge in [-0.1, -0.05) is 18.2 Å². The second-order valence-corrected chi connectivity index (χ2v) is 3.75. The summed E-state index contributed by atoms with van der Waals surface area (Å²) in [6, 6.07) is 7.86. The van der Waals surface area contributed by atoms with Crippen molar-refractivity contribution < 1.29 is 14.4 Å². The van der Waals surface area contributed by atoms with Crippen LogP contribution in [-0.2, 0) is 9.59 Å². The van der Waals surface area contributed by atoms with Crippen LogP contribution in [0.3, 0.4) is 0 Å². The Balaban J connectivity index is 0.000000148. The quantitative estimate of drug-likeness (QED) is 0.750. The summed E-state index contributed by atoms with van der Waals surface area (Å²) in [7, 11) is 0. The molecule has 0 radical (unpaired) electrons. The van der Waals surface area contributed by atoms with Crippen molar-refractivity contribution in [2.75, 3.05) is 6.54 Å². The molecule has 1 fully saturated rings. The van der Waals surface area contributed by atoms with E-state index >= 15 is 0 Å². The van der Waals surface area contributed by atoms with Crippen LogP contribution in [0.2, 0.25) is 0 Å². The second kappa shape index (κ2) is 4.37. The monoisotopic (exact) mass is 232 g/mol. The van der Waals surface area contributed by atoms with Crippen LogP contribution in [0.25, 0.3) is 11.1 Å². The number of imide groups is 2. The maximum Gasteiger partial charge on any atom is 0.330 e. The molecule has 1 heterocycles. The summed E-state index contributed by atoms with van der Waals surface area (Å²) in [5.41, 5.74) is 2.85. The first-order valence-corrected chi connectivity index (χ1v) is 5.36. The van der Waals surface area contributed by atoms with Crippen LogP contribution in [0.5, 0.6) is 0 Å². The van der Waals surface area contributed by atoms with E-state index in [1.54, 1.807) is 6.92 Å². The molecule has 1 saturated heterocycles. The smallest absolute Gasteiger partial charge is 0.277 e. The zero-order valence-electron chi connectivity index (χ0n) is 9.40. The Morgan fingerprint density at radius 1 is 1.24 bits per heavy atom. The molecular weight excluding hydrogens is 220 g/mol. The highest BCUT2D eigenvalue weighted by molar-refractivity contribution is 6.14. The van der Waals surface area contributed by atoms with Crippen LogP contribution in [0.4, 0.5) is 4.79 Å². The van der Waals surface area contributed by atoms with Gasteiger partial charge in [-0.15, -0.1) is 0 Å². The average molecular weight is 232 g/mol. The van der Waals surface area contributed by atoms with E-state index in [0.717, 1.165) is 4.90 Å². The van der Waals surface area contributed by atoms with Gasteiger partial charge < -0.3 is 0 Å². The molecule has 0 spiro atoms. The lowest BCUT2D eigenvalue weighted by atomic mass is 10.3. The molecule has 17 heavy (non-hydrogen) atoms. The summed E-state index contributed by atoms with van der Waals surface area (Å²) in [5.74, 6) is -0.953. The van der Waals surface area contributed by atoms with Crippen LogP contribution in [0, 0.1) is 0 Å². The fourth-order valence-corrected chi connectivity index (χ4v) is 1.57. The first-order valence-electron chi connectivity index (χ1n) is 5.36. The molecule has 0 aromatic carbocycles. The number of amides is 4. The Kier molecular flexibility index (Phi) is 2.91. The molecule has 5 heteroatoms. The Morgan fingerprint density at radius 3 is 2.24 bits per heavy atom. The number of carbonyl (C=O) groups is 3. The standard InChI is InChI=1S/C6H8N2O3.C6H4/c1-2-8-5(10)3-4(9)7-6(8)11;1-2-5-4-6(5)3-1/h2-3H2,1H3,(H,7,9,11);1-4H. The molecule has 4 amide bonds. The van der Waals surface area contributed by atoms with Gasteiger partial charge in [0.05, 0.1) is 0 Å². The molecule has 0 aromatic rings. The highest BCUT2D eigenvalue weighted by atomic mass is 16.2. The Morgan fingerprint density at radius 2 is 1.88 bits per heavy atom. The molecule has 1 aliphatic heterocycles. The van der Waals surface area contributed by atoms with Crippen molar-refractivity contribution in [2.24, 2.45) is 0 Å². The molecule has 2 aliphatic carbocycles. The van der Waals surface area contributed by atoms with Gasteiger partial charge in [0, 0.05) is 6.54 Å². The van der Waals surface area contributed by atoms with Crippen LogP contribution < -0.4 is 5.32 Å². The van der Waals surface area contributed by atoms with Crippen molar-refractivity contribution in [3.8, 4) is 11.1 Å². The van der Waals surface area contributed by atoms with E-state index in [-0.39, 0.29) is 6.42 Å². The maximum absolute atomic E-state index is 10.9. The summed E-state index contributed by atoms with van der Waals surface area (Å²) < 4.78 is 0. The summed E-state index contributed by atoms with van der Waals surface area (Å²) in [4.78, 5) is 33.3. The van der Waals surface area contributed by atoms with E-state index < -0.39 is 17.8 Å². The molecule has 0 atom stereocenters. The zero-order chi connectivity index (χ0) is 12.4. The minimum absolute atomic E-state index is 0.223. The van der Waals surface area contributed by atoms with Crippen LogP contribution >= 0.6 is 0 Å². The number of barbiturate groups is 1. The Hall–Kier alpha value is -2.17. The van der Waals surface area contributed by atoms with Crippen molar-refractivity contribution in [3.63, 3.8) is 0 Å². The molecular formula is C12H12N2O3. The van der Waals surface area contributed by atoms with Crippen LogP contribution in [0.15, 0.2) is 24.3 Å². The van der Waals surface area contributed by atoms with E-state index in [1.165, 1.54) is 11.1 Å². The van der Waals surface area contributed by atoms with Crippen molar-refractivity contribution in [2.45, 2.75) is 13.3 Å². The summed E-state index contributed by atoms with van der Waals surface area (Å²) in [5, 5.41) is 2.04. The summed E-state index contributed by atoms with van der Waals surface area (Å²) in [6.07, 6.45) is -0.223. The number of fused-ring (bicyclic) bond motifs is 1. The molecule has 3 aliphatic rings. The molecule has 0 aromatic heterocycles. The van der Waals surface area contributed by atoms with Crippen molar-refractivity contribution >= 4 is 17.8 Å². The Labute approximate surface area is 98.4 Å². The van der Waals surface area contributed by atoms with Gasteiger partial charge in [-0.3, -0.25) is 19.8 Å². The highest BCUT2D eigenvalue weighted by Crippen LogP contribution is 2.32. The molecule has 0 bridgehead atoms. The van der Waals surface area contributed by atoms with Gasteiger partial charge in [-0.2, -0.15) is 0 Å². The highest BCUT2D eigenvalue weighted by Gasteiger charge is 2.28. The number of hydrogen-bond donors (Lipinski definition) is 1. The third-order valence-electron chi connectivity index (χ3n) is 2.53. The van der Waals surface area contributed by atoms with E-state index in [2.05, 4.69) is 24.3 Å². The first kappa shape index (κ1) is 11.3. The Bertz CT molecular complexity index is 459. The summed E-state index contributed by atoms with van der Waals surface area (Å²) in [6.45, 7) is 1.98. The molecule has 0 saturated carbocycles. The number of carbonyl (C=O) groups excluding carboxylic acids is 3.